The van der Waals surface area contributed by atoms with E-state index in [0.717, 1.165) is 95.1 Å². The Morgan fingerprint density at radius 3 is 1.31 bits per heavy atom. The molecule has 11 rings (SSSR count). The Kier molecular flexibility index (Phi) is 8.86. The van der Waals surface area contributed by atoms with Gasteiger partial charge in [-0.05, 0) is 128 Å². The van der Waals surface area contributed by atoms with Crippen LogP contribution in [-0.2, 0) is 0 Å². The number of benzene rings is 9. The van der Waals surface area contributed by atoms with Gasteiger partial charge in [-0.15, -0.1) is 0 Å². The molecule has 0 atom stereocenters. The normalized spacial score (nSPS) is 11.4. The molecule has 2 heterocycles. The number of furan rings is 2. The van der Waals surface area contributed by atoms with Gasteiger partial charge in [-0.25, -0.2) is 0 Å². The lowest BCUT2D eigenvalue weighted by Gasteiger charge is -2.33. The quantitative estimate of drug-likeness (QED) is 0.146. The Bertz CT molecular complexity index is 3260. The second kappa shape index (κ2) is 15.0. The third-order valence-corrected chi connectivity index (χ3v) is 11.5. The van der Waals surface area contributed by atoms with Crippen molar-refractivity contribution < 1.29 is 8.83 Å². The highest BCUT2D eigenvalue weighted by molar-refractivity contribution is 6.11. The molecule has 9 aromatic carbocycles. The fourth-order valence-electron chi connectivity index (χ4n) is 8.74. The number of nitrogens with zero attached hydrogens (tertiary/aromatic N) is 3. The molecule has 0 aliphatic rings. The summed E-state index contributed by atoms with van der Waals surface area (Å²) in [6.07, 6.45) is 0. The third-order valence-electron chi connectivity index (χ3n) is 11.5. The van der Waals surface area contributed by atoms with Crippen LogP contribution in [0, 0.1) is 13.8 Å². The molecular formula is C56H41N3O2. The summed E-state index contributed by atoms with van der Waals surface area (Å²) in [5.74, 6) is 0. The van der Waals surface area contributed by atoms with Gasteiger partial charge in [-0.3, -0.25) is 0 Å². The van der Waals surface area contributed by atoms with Gasteiger partial charge in [-0.1, -0.05) is 109 Å². The number of anilines is 9. The molecule has 0 saturated carbocycles. The second-order valence-electron chi connectivity index (χ2n) is 15.6. The first-order chi connectivity index (χ1) is 30.1. The maximum atomic E-state index is 6.83. The molecule has 5 nitrogen and oxygen atoms in total. The maximum Gasteiger partial charge on any atom is 0.159 e. The molecule has 292 valence electrons. The third kappa shape index (κ3) is 6.53. The van der Waals surface area contributed by atoms with E-state index >= 15 is 0 Å². The predicted molar refractivity (Wildman–Crippen MR) is 255 cm³/mol. The fourth-order valence-corrected chi connectivity index (χ4v) is 8.74. The zero-order chi connectivity index (χ0) is 40.9. The minimum absolute atomic E-state index is 0.810. The molecule has 11 aromatic rings. The maximum absolute atomic E-state index is 6.83. The number of fused-ring (bicyclic) bond motifs is 6. The molecule has 0 radical (unpaired) electrons. The van der Waals surface area contributed by atoms with Crippen molar-refractivity contribution in [2.45, 2.75) is 13.8 Å². The second-order valence-corrected chi connectivity index (χ2v) is 15.6. The number of para-hydroxylation sites is 5. The first-order valence-electron chi connectivity index (χ1n) is 20.7. The summed E-state index contributed by atoms with van der Waals surface area (Å²) < 4.78 is 13.2. The summed E-state index contributed by atoms with van der Waals surface area (Å²) in [4.78, 5) is 7.05. The van der Waals surface area contributed by atoms with Crippen molar-refractivity contribution in [2.75, 3.05) is 14.7 Å². The van der Waals surface area contributed by atoms with Crippen LogP contribution in [-0.4, -0.2) is 0 Å². The van der Waals surface area contributed by atoms with Crippen LogP contribution in [0.25, 0.3) is 43.9 Å². The number of hydrogen-bond acceptors (Lipinski definition) is 5. The van der Waals surface area contributed by atoms with E-state index in [9.17, 15) is 0 Å². The van der Waals surface area contributed by atoms with E-state index in [4.69, 9.17) is 8.83 Å². The predicted octanol–water partition coefficient (Wildman–Crippen LogP) is 16.5. The van der Waals surface area contributed by atoms with Crippen molar-refractivity contribution in [1.82, 2.24) is 0 Å². The van der Waals surface area contributed by atoms with Crippen molar-refractivity contribution in [3.05, 3.63) is 223 Å². The van der Waals surface area contributed by atoms with Crippen LogP contribution >= 0.6 is 0 Å². The minimum Gasteiger partial charge on any atom is -0.456 e. The lowest BCUT2D eigenvalue weighted by Crippen LogP contribution is -2.16. The molecule has 0 unspecified atom stereocenters. The van der Waals surface area contributed by atoms with Gasteiger partial charge in [0.1, 0.15) is 16.7 Å². The Morgan fingerprint density at radius 2 is 0.721 bits per heavy atom. The zero-order valence-electron chi connectivity index (χ0n) is 33.9. The number of aryl methyl sites for hydroxylation is 2. The van der Waals surface area contributed by atoms with Crippen molar-refractivity contribution in [3.63, 3.8) is 0 Å². The summed E-state index contributed by atoms with van der Waals surface area (Å²) in [6, 6.07) is 75.1. The van der Waals surface area contributed by atoms with Gasteiger partial charge in [0.25, 0.3) is 0 Å². The largest absolute Gasteiger partial charge is 0.456 e. The first-order valence-corrected chi connectivity index (χ1v) is 20.7. The van der Waals surface area contributed by atoms with Crippen molar-refractivity contribution in [3.8, 4) is 0 Å². The van der Waals surface area contributed by atoms with Gasteiger partial charge in [-0.2, -0.15) is 0 Å². The SMILES string of the molecule is Cc1cccc(N(c2ccccc2)c2cc(N(c3ccccc3)c3cccc(C)c3)cc(N(c3ccc4oc5ccccc5c4c3)c3cccc4c3oc3ccccc34)c2)c1. The molecule has 61 heavy (non-hydrogen) atoms. The van der Waals surface area contributed by atoms with E-state index in [1.165, 1.54) is 11.1 Å². The fraction of sp³-hybridized carbons (Fsp3) is 0.0357. The van der Waals surface area contributed by atoms with Gasteiger partial charge >= 0.3 is 0 Å². The highest BCUT2D eigenvalue weighted by atomic mass is 16.3. The smallest absolute Gasteiger partial charge is 0.159 e. The molecule has 0 aliphatic heterocycles. The molecule has 0 spiro atoms. The topological polar surface area (TPSA) is 36.0 Å². The molecule has 0 aliphatic carbocycles. The molecular weight excluding hydrogens is 747 g/mol. The number of rotatable bonds is 9. The van der Waals surface area contributed by atoms with Gasteiger partial charge in [0.15, 0.2) is 5.58 Å². The van der Waals surface area contributed by atoms with Crippen LogP contribution in [0.2, 0.25) is 0 Å². The van der Waals surface area contributed by atoms with Gasteiger partial charge in [0.2, 0.25) is 0 Å². The van der Waals surface area contributed by atoms with E-state index < -0.39 is 0 Å². The van der Waals surface area contributed by atoms with E-state index in [2.05, 4.69) is 217 Å². The molecule has 0 bridgehead atoms. The van der Waals surface area contributed by atoms with Crippen LogP contribution in [0.15, 0.2) is 221 Å². The van der Waals surface area contributed by atoms with E-state index in [1.807, 2.05) is 24.3 Å². The molecule has 2 aromatic heterocycles. The molecule has 0 fully saturated rings. The van der Waals surface area contributed by atoms with Gasteiger partial charge < -0.3 is 23.5 Å². The average Bonchev–Trinajstić information content (AvgIpc) is 3.86. The minimum atomic E-state index is 0.810. The number of hydrogen-bond donors (Lipinski definition) is 0. The highest BCUT2D eigenvalue weighted by Crippen LogP contribution is 2.48. The average molecular weight is 788 g/mol. The van der Waals surface area contributed by atoms with Crippen LogP contribution < -0.4 is 14.7 Å². The Labute approximate surface area is 354 Å². The van der Waals surface area contributed by atoms with Crippen molar-refractivity contribution in [2.24, 2.45) is 0 Å². The lowest BCUT2D eigenvalue weighted by molar-refractivity contribution is 0.669. The van der Waals surface area contributed by atoms with Gasteiger partial charge in [0.05, 0.1) is 22.7 Å². The monoisotopic (exact) mass is 787 g/mol. The lowest BCUT2D eigenvalue weighted by atomic mass is 10.1. The molecule has 0 saturated heterocycles. The van der Waals surface area contributed by atoms with E-state index in [-0.39, 0.29) is 0 Å². The summed E-state index contributed by atoms with van der Waals surface area (Å²) >= 11 is 0. The summed E-state index contributed by atoms with van der Waals surface area (Å²) in [5.41, 5.74) is 14.8. The van der Waals surface area contributed by atoms with E-state index in [1.54, 1.807) is 0 Å². The molecule has 5 heteroatoms. The first kappa shape index (κ1) is 36.1. The highest BCUT2D eigenvalue weighted by Gasteiger charge is 2.25. The van der Waals surface area contributed by atoms with Crippen molar-refractivity contribution >= 4 is 95.1 Å². The molecule has 0 N–H and O–H groups in total. The standard InChI is InChI=1S/C56H41N3O2/c1-38-16-13-22-42(32-38)57(40-18-5-3-6-19-40)45-34-46(58(41-20-7-4-8-21-41)43-23-14-17-39(2)33-43)36-47(35-45)59(44-30-31-55-51(37-44)49-25-10-11-28-53(49)60-55)52-27-15-26-50-48-24-9-12-29-54(48)61-56(50)52/h3-37H,1-2H3. The Balaban J connectivity index is 1.25. The zero-order valence-corrected chi connectivity index (χ0v) is 33.9. The van der Waals surface area contributed by atoms with Crippen molar-refractivity contribution in [1.29, 1.82) is 0 Å². The van der Waals surface area contributed by atoms with Gasteiger partial charge in [0, 0.05) is 50.0 Å². The Hall–Kier alpha value is -8.02. The van der Waals surface area contributed by atoms with Crippen LogP contribution in [0.4, 0.5) is 51.2 Å². The summed E-state index contributed by atoms with van der Waals surface area (Å²) in [6.45, 7) is 4.30. The van der Waals surface area contributed by atoms with E-state index in [0.29, 0.717) is 0 Å². The Morgan fingerprint density at radius 1 is 0.279 bits per heavy atom. The van der Waals surface area contributed by atoms with Crippen LogP contribution in [0.3, 0.4) is 0 Å². The summed E-state index contributed by atoms with van der Waals surface area (Å²) in [7, 11) is 0. The van der Waals surface area contributed by atoms with Crippen LogP contribution in [0.5, 0.6) is 0 Å². The van der Waals surface area contributed by atoms with Crippen LogP contribution in [0.1, 0.15) is 11.1 Å². The summed E-state index contributed by atoms with van der Waals surface area (Å²) in [5, 5.41) is 4.25. The molecule has 0 amide bonds.